The predicted octanol–water partition coefficient (Wildman–Crippen LogP) is 1.92. The molecule has 2 rings (SSSR count). The molecule has 0 unspecified atom stereocenters. The highest BCUT2D eigenvalue weighted by Crippen LogP contribution is 2.19. The molecule has 0 radical (unpaired) electrons. The van der Waals surface area contributed by atoms with Gasteiger partial charge in [0.2, 0.25) is 5.91 Å². The Balaban J connectivity index is 2.09. The van der Waals surface area contributed by atoms with Crippen molar-refractivity contribution in [3.8, 4) is 0 Å². The van der Waals surface area contributed by atoms with Crippen LogP contribution in [-0.4, -0.2) is 29.3 Å². The number of hydrogen-bond acceptors (Lipinski definition) is 3. The minimum atomic E-state index is -0.433. The molecule has 1 aromatic carbocycles. The van der Waals surface area contributed by atoms with E-state index in [1.54, 1.807) is 7.05 Å². The van der Waals surface area contributed by atoms with Crippen LogP contribution in [0.2, 0.25) is 0 Å². The van der Waals surface area contributed by atoms with E-state index in [0.29, 0.717) is 13.1 Å². The van der Waals surface area contributed by atoms with Crippen molar-refractivity contribution in [3.63, 3.8) is 0 Å². The maximum atomic E-state index is 11.8. The molecule has 0 bridgehead atoms. The second kappa shape index (κ2) is 6.26. The monoisotopic (exact) mass is 288 g/mol. The van der Waals surface area contributed by atoms with Crippen molar-refractivity contribution < 1.29 is 4.79 Å². The molecule has 1 aromatic heterocycles. The number of hydrogen-bond donors (Lipinski definition) is 2. The highest BCUT2D eigenvalue weighted by Gasteiger charge is 2.26. The first-order valence-electron chi connectivity index (χ1n) is 7.37. The Morgan fingerprint density at radius 2 is 2.05 bits per heavy atom. The molecule has 5 nitrogen and oxygen atoms in total. The molecule has 114 valence electrons. The van der Waals surface area contributed by atoms with Crippen LogP contribution in [0.15, 0.2) is 24.3 Å². The van der Waals surface area contributed by atoms with Gasteiger partial charge in [-0.1, -0.05) is 18.2 Å². The zero-order chi connectivity index (χ0) is 15.5. The van der Waals surface area contributed by atoms with Crippen molar-refractivity contribution in [2.75, 3.05) is 13.6 Å². The molecule has 0 fully saturated rings. The van der Waals surface area contributed by atoms with Crippen LogP contribution >= 0.6 is 0 Å². The molecule has 0 spiro atoms. The summed E-state index contributed by atoms with van der Waals surface area (Å²) in [6.45, 7) is 8.08. The summed E-state index contributed by atoms with van der Waals surface area (Å²) in [7, 11) is 1.67. The summed E-state index contributed by atoms with van der Waals surface area (Å²) in [5, 5.41) is 11.9. The van der Waals surface area contributed by atoms with Crippen molar-refractivity contribution in [1.29, 1.82) is 0 Å². The van der Waals surface area contributed by atoms with Crippen LogP contribution in [0.5, 0.6) is 0 Å². The maximum absolute atomic E-state index is 11.8. The number of nitrogens with one attached hydrogen (secondary N) is 2. The third-order valence-electron chi connectivity index (χ3n) is 3.74. The van der Waals surface area contributed by atoms with Crippen LogP contribution in [0, 0.1) is 5.41 Å². The van der Waals surface area contributed by atoms with Crippen LogP contribution < -0.4 is 10.6 Å². The van der Waals surface area contributed by atoms with E-state index >= 15 is 0 Å². The third-order valence-corrected chi connectivity index (χ3v) is 3.74. The van der Waals surface area contributed by atoms with Gasteiger partial charge in [-0.25, -0.2) is 0 Å². The largest absolute Gasteiger partial charge is 0.359 e. The summed E-state index contributed by atoms with van der Waals surface area (Å²) >= 11 is 0. The van der Waals surface area contributed by atoms with Gasteiger partial charge in [-0.15, -0.1) is 0 Å². The fourth-order valence-corrected chi connectivity index (χ4v) is 2.48. The van der Waals surface area contributed by atoms with Gasteiger partial charge in [0.15, 0.2) is 0 Å². The van der Waals surface area contributed by atoms with Gasteiger partial charge in [-0.2, -0.15) is 5.10 Å². The lowest BCUT2D eigenvalue weighted by Crippen LogP contribution is -2.41. The van der Waals surface area contributed by atoms with Crippen LogP contribution in [0.3, 0.4) is 0 Å². The molecule has 1 amide bonds. The Labute approximate surface area is 125 Å². The fraction of sp³-hybridized carbons (Fsp3) is 0.500. The van der Waals surface area contributed by atoms with E-state index in [1.807, 2.05) is 30.7 Å². The molecule has 2 N–H and O–H groups in total. The van der Waals surface area contributed by atoms with Crippen molar-refractivity contribution in [2.45, 2.75) is 33.9 Å². The van der Waals surface area contributed by atoms with E-state index in [4.69, 9.17) is 0 Å². The number of aromatic nitrogens is 2. The van der Waals surface area contributed by atoms with Gasteiger partial charge in [0.1, 0.15) is 0 Å². The average Bonchev–Trinajstić information content (AvgIpc) is 2.84. The summed E-state index contributed by atoms with van der Waals surface area (Å²) < 4.78 is 2.01. The topological polar surface area (TPSA) is 59.0 Å². The molecular weight excluding hydrogens is 264 g/mol. The van der Waals surface area contributed by atoms with E-state index < -0.39 is 5.41 Å². The number of carbonyl (C=O) groups is 1. The Kier molecular flexibility index (Phi) is 4.63. The molecule has 5 heteroatoms. The molecule has 0 atom stereocenters. The third kappa shape index (κ3) is 3.24. The zero-order valence-corrected chi connectivity index (χ0v) is 13.2. The molecule has 21 heavy (non-hydrogen) atoms. The first-order chi connectivity index (χ1) is 9.99. The minimum Gasteiger partial charge on any atom is -0.359 e. The Morgan fingerprint density at radius 1 is 1.33 bits per heavy atom. The maximum Gasteiger partial charge on any atom is 0.226 e. The Bertz CT molecular complexity index is 630. The number of benzene rings is 1. The summed E-state index contributed by atoms with van der Waals surface area (Å²) in [5.41, 5.74) is 1.75. The molecular formula is C16H24N4O. The zero-order valence-electron chi connectivity index (χ0n) is 13.2. The Hall–Kier alpha value is -1.88. The van der Waals surface area contributed by atoms with Gasteiger partial charge in [-0.05, 0) is 26.8 Å². The highest BCUT2D eigenvalue weighted by atomic mass is 16.2. The Morgan fingerprint density at radius 3 is 2.71 bits per heavy atom. The number of nitrogens with zero attached hydrogens (tertiary/aromatic N) is 2. The molecule has 1 heterocycles. The number of aryl methyl sites for hydroxylation is 1. The number of rotatable bonds is 6. The van der Waals surface area contributed by atoms with E-state index in [2.05, 4.69) is 34.8 Å². The molecule has 0 aliphatic carbocycles. The smallest absolute Gasteiger partial charge is 0.226 e. The van der Waals surface area contributed by atoms with Crippen LogP contribution in [0.25, 0.3) is 10.9 Å². The van der Waals surface area contributed by atoms with Crippen LogP contribution in [-0.2, 0) is 17.9 Å². The van der Waals surface area contributed by atoms with Crippen molar-refractivity contribution in [2.24, 2.45) is 5.41 Å². The van der Waals surface area contributed by atoms with E-state index in [9.17, 15) is 4.79 Å². The van der Waals surface area contributed by atoms with Crippen LogP contribution in [0.4, 0.5) is 0 Å². The van der Waals surface area contributed by atoms with E-state index in [1.165, 1.54) is 5.39 Å². The van der Waals surface area contributed by atoms with Gasteiger partial charge in [-0.3, -0.25) is 9.48 Å². The van der Waals surface area contributed by atoms with E-state index in [0.717, 1.165) is 17.8 Å². The molecule has 0 saturated carbocycles. The van der Waals surface area contributed by atoms with Crippen molar-refractivity contribution >= 4 is 16.8 Å². The number of para-hydroxylation sites is 1. The molecule has 0 saturated heterocycles. The van der Waals surface area contributed by atoms with E-state index in [-0.39, 0.29) is 5.91 Å². The fourth-order valence-electron chi connectivity index (χ4n) is 2.48. The lowest BCUT2D eigenvalue weighted by molar-refractivity contribution is -0.128. The molecule has 0 aliphatic heterocycles. The first kappa shape index (κ1) is 15.5. The number of carbonyl (C=O) groups excluding carboxylic acids is 1. The number of fused-ring (bicyclic) bond motifs is 1. The average molecular weight is 288 g/mol. The van der Waals surface area contributed by atoms with Gasteiger partial charge in [0.25, 0.3) is 0 Å². The summed E-state index contributed by atoms with van der Waals surface area (Å²) in [4.78, 5) is 11.8. The van der Waals surface area contributed by atoms with Gasteiger partial charge < -0.3 is 10.6 Å². The second-order valence-electron chi connectivity index (χ2n) is 5.85. The molecule has 0 aliphatic rings. The second-order valence-corrected chi connectivity index (χ2v) is 5.85. The summed E-state index contributed by atoms with van der Waals surface area (Å²) in [6, 6.07) is 8.24. The minimum absolute atomic E-state index is 0.0407. The first-order valence-corrected chi connectivity index (χ1v) is 7.37. The summed E-state index contributed by atoms with van der Waals surface area (Å²) in [6.07, 6.45) is 0. The molecule has 2 aromatic rings. The van der Waals surface area contributed by atoms with Gasteiger partial charge >= 0.3 is 0 Å². The highest BCUT2D eigenvalue weighted by molar-refractivity contribution is 5.82. The van der Waals surface area contributed by atoms with Crippen LogP contribution in [0.1, 0.15) is 26.5 Å². The normalized spacial score (nSPS) is 11.8. The standard InChI is InChI=1S/C16H24N4O/c1-5-20-14-9-7-6-8-12(14)13(19-20)10-18-11-16(2,3)15(21)17-4/h6-9,18H,5,10-11H2,1-4H3,(H,17,21). The lowest BCUT2D eigenvalue weighted by Gasteiger charge is -2.22. The van der Waals surface area contributed by atoms with Crippen molar-refractivity contribution in [3.05, 3.63) is 30.0 Å². The predicted molar refractivity (Wildman–Crippen MR) is 85.0 cm³/mol. The SMILES string of the molecule is CCn1nc(CNCC(C)(C)C(=O)NC)c2ccccc21. The number of amides is 1. The van der Waals surface area contributed by atoms with Gasteiger partial charge in [0.05, 0.1) is 16.6 Å². The van der Waals surface area contributed by atoms with Gasteiger partial charge in [0, 0.05) is 32.1 Å². The van der Waals surface area contributed by atoms with Crippen molar-refractivity contribution in [1.82, 2.24) is 20.4 Å². The lowest BCUT2D eigenvalue weighted by atomic mass is 9.92. The summed E-state index contributed by atoms with van der Waals surface area (Å²) in [5.74, 6) is 0.0407. The quantitative estimate of drug-likeness (QED) is 0.854.